The molecule has 0 unspecified atom stereocenters. The Morgan fingerprint density at radius 2 is 1.42 bits per heavy atom. The van der Waals surface area contributed by atoms with Gasteiger partial charge in [0, 0.05) is 17.1 Å². The first-order chi connectivity index (χ1) is 14.9. The zero-order valence-corrected chi connectivity index (χ0v) is 17.1. The molecule has 0 fully saturated rings. The fourth-order valence-corrected chi connectivity index (χ4v) is 2.89. The highest BCUT2D eigenvalue weighted by Crippen LogP contribution is 2.22. The Hall–Kier alpha value is -4.07. The molecule has 0 bridgehead atoms. The monoisotopic (exact) mass is 422 g/mol. The summed E-state index contributed by atoms with van der Waals surface area (Å²) in [5.74, 6) is -0.359. The lowest BCUT2D eigenvalue weighted by Crippen LogP contribution is -2.31. The van der Waals surface area contributed by atoms with Crippen LogP contribution in [0.2, 0.25) is 0 Å². The summed E-state index contributed by atoms with van der Waals surface area (Å²) in [5, 5.41) is 10.9. The number of nitrogens with one attached hydrogen (secondary N) is 4. The zero-order chi connectivity index (χ0) is 22.2. The summed E-state index contributed by atoms with van der Waals surface area (Å²) in [7, 11) is 1.39. The van der Waals surface area contributed by atoms with Crippen LogP contribution in [0.1, 0.15) is 18.5 Å². The number of amides is 4. The smallest absolute Gasteiger partial charge is 0.323 e. The lowest BCUT2D eigenvalue weighted by Gasteiger charge is -2.16. The van der Waals surface area contributed by atoms with Gasteiger partial charge in [0.2, 0.25) is 0 Å². The molecular formula is C23H23FN4O3. The molecule has 0 heterocycles. The van der Waals surface area contributed by atoms with Crippen molar-refractivity contribution in [2.45, 2.75) is 13.0 Å². The molecule has 0 aliphatic rings. The average molecular weight is 422 g/mol. The lowest BCUT2D eigenvalue weighted by molar-refractivity contribution is 0.249. The first kappa shape index (κ1) is 21.6. The van der Waals surface area contributed by atoms with E-state index in [0.29, 0.717) is 22.6 Å². The maximum absolute atomic E-state index is 13.9. The fraction of sp³-hybridized carbons (Fsp3) is 0.130. The Morgan fingerprint density at radius 3 is 2.06 bits per heavy atom. The third-order valence-corrected chi connectivity index (χ3v) is 4.43. The normalized spacial score (nSPS) is 11.2. The minimum absolute atomic E-state index is 0.140. The number of methoxy groups -OCH3 is 1. The number of benzene rings is 3. The molecule has 0 saturated carbocycles. The summed E-state index contributed by atoms with van der Waals surface area (Å²) in [6, 6.07) is 19.0. The Balaban J connectivity index is 1.56. The van der Waals surface area contributed by atoms with Crippen molar-refractivity contribution in [1.29, 1.82) is 0 Å². The second-order valence-electron chi connectivity index (χ2n) is 6.74. The van der Waals surface area contributed by atoms with Gasteiger partial charge >= 0.3 is 12.1 Å². The van der Waals surface area contributed by atoms with Crippen LogP contribution in [-0.4, -0.2) is 19.2 Å². The van der Waals surface area contributed by atoms with Crippen LogP contribution in [0.5, 0.6) is 5.75 Å². The maximum Gasteiger partial charge on any atom is 0.323 e. The minimum atomic E-state index is -0.499. The van der Waals surface area contributed by atoms with Gasteiger partial charge in [-0.3, -0.25) is 0 Å². The van der Waals surface area contributed by atoms with Crippen LogP contribution in [0.3, 0.4) is 0 Å². The van der Waals surface area contributed by atoms with Crippen LogP contribution in [-0.2, 0) is 0 Å². The molecule has 3 aromatic carbocycles. The fourth-order valence-electron chi connectivity index (χ4n) is 2.89. The molecule has 1 atom stereocenters. The Morgan fingerprint density at radius 1 is 0.806 bits per heavy atom. The number of para-hydroxylation sites is 1. The third kappa shape index (κ3) is 6.20. The number of urea groups is 2. The maximum atomic E-state index is 13.9. The molecule has 0 saturated heterocycles. The van der Waals surface area contributed by atoms with Gasteiger partial charge in [0.05, 0.1) is 13.2 Å². The van der Waals surface area contributed by atoms with E-state index < -0.39 is 23.9 Å². The number of carbonyl (C=O) groups is 2. The van der Waals surface area contributed by atoms with E-state index in [1.807, 2.05) is 18.2 Å². The molecule has 31 heavy (non-hydrogen) atoms. The molecule has 0 spiro atoms. The van der Waals surface area contributed by atoms with Crippen LogP contribution in [0.15, 0.2) is 72.8 Å². The minimum Gasteiger partial charge on any atom is -0.494 e. The SMILES string of the molecule is COc1ccc([C@H](C)NC(=O)Nc2cccc(NC(=O)Nc3ccccc3)c2)cc1F. The molecule has 0 aliphatic heterocycles. The quantitative estimate of drug-likeness (QED) is 0.431. The topological polar surface area (TPSA) is 91.5 Å². The van der Waals surface area contributed by atoms with Gasteiger partial charge in [-0.25, -0.2) is 14.0 Å². The van der Waals surface area contributed by atoms with Crippen LogP contribution >= 0.6 is 0 Å². The van der Waals surface area contributed by atoms with Gasteiger partial charge in [0.15, 0.2) is 11.6 Å². The molecule has 160 valence electrons. The second-order valence-corrected chi connectivity index (χ2v) is 6.74. The van der Waals surface area contributed by atoms with Gasteiger partial charge < -0.3 is 26.0 Å². The van der Waals surface area contributed by atoms with Gasteiger partial charge in [-0.1, -0.05) is 30.3 Å². The summed E-state index contributed by atoms with van der Waals surface area (Å²) in [5.41, 5.74) is 2.26. The molecule has 8 heteroatoms. The van der Waals surface area contributed by atoms with Crippen molar-refractivity contribution in [3.63, 3.8) is 0 Å². The van der Waals surface area contributed by atoms with Gasteiger partial charge in [-0.2, -0.15) is 0 Å². The summed E-state index contributed by atoms with van der Waals surface area (Å²) in [4.78, 5) is 24.5. The molecule has 0 aliphatic carbocycles. The molecule has 4 N–H and O–H groups in total. The van der Waals surface area contributed by atoms with E-state index in [1.165, 1.54) is 19.2 Å². The van der Waals surface area contributed by atoms with E-state index in [4.69, 9.17) is 4.74 Å². The van der Waals surface area contributed by atoms with Gasteiger partial charge in [-0.05, 0) is 55.0 Å². The van der Waals surface area contributed by atoms with Crippen molar-refractivity contribution in [2.24, 2.45) is 0 Å². The van der Waals surface area contributed by atoms with Crippen LogP contribution in [0, 0.1) is 5.82 Å². The molecule has 0 aromatic heterocycles. The molecule has 3 aromatic rings. The van der Waals surface area contributed by atoms with E-state index >= 15 is 0 Å². The first-order valence-electron chi connectivity index (χ1n) is 9.58. The summed E-state index contributed by atoms with van der Waals surface area (Å²) >= 11 is 0. The second kappa shape index (κ2) is 10.1. The van der Waals surface area contributed by atoms with Crippen molar-refractivity contribution in [2.75, 3.05) is 23.1 Å². The summed E-state index contributed by atoms with van der Waals surface area (Å²) in [6.07, 6.45) is 0. The van der Waals surface area contributed by atoms with Crippen molar-refractivity contribution in [3.8, 4) is 5.75 Å². The number of ether oxygens (including phenoxy) is 1. The van der Waals surface area contributed by atoms with Gasteiger partial charge in [0.25, 0.3) is 0 Å². The number of hydrogen-bond acceptors (Lipinski definition) is 3. The van der Waals surface area contributed by atoms with Crippen LogP contribution in [0.4, 0.5) is 31.0 Å². The number of anilines is 3. The van der Waals surface area contributed by atoms with Crippen molar-refractivity contribution in [3.05, 3.63) is 84.2 Å². The highest BCUT2D eigenvalue weighted by Gasteiger charge is 2.13. The zero-order valence-electron chi connectivity index (χ0n) is 17.1. The molecule has 4 amide bonds. The lowest BCUT2D eigenvalue weighted by atomic mass is 10.1. The highest BCUT2D eigenvalue weighted by molar-refractivity contribution is 6.00. The Bertz CT molecular complexity index is 1060. The molecule has 7 nitrogen and oxygen atoms in total. The Kier molecular flexibility index (Phi) is 7.05. The highest BCUT2D eigenvalue weighted by atomic mass is 19.1. The van der Waals surface area contributed by atoms with E-state index in [0.717, 1.165) is 0 Å². The molecular weight excluding hydrogens is 399 g/mol. The predicted molar refractivity (Wildman–Crippen MR) is 119 cm³/mol. The van der Waals surface area contributed by atoms with E-state index in [1.54, 1.807) is 49.4 Å². The molecule has 3 rings (SSSR count). The molecule has 0 radical (unpaired) electrons. The van der Waals surface area contributed by atoms with E-state index in [-0.39, 0.29) is 5.75 Å². The number of rotatable bonds is 6. The number of carbonyl (C=O) groups excluding carboxylic acids is 2. The predicted octanol–water partition coefficient (Wildman–Crippen LogP) is 5.36. The van der Waals surface area contributed by atoms with Gasteiger partial charge in [0.1, 0.15) is 0 Å². The largest absolute Gasteiger partial charge is 0.494 e. The number of hydrogen-bond donors (Lipinski definition) is 4. The average Bonchev–Trinajstić information content (AvgIpc) is 2.74. The van der Waals surface area contributed by atoms with Crippen molar-refractivity contribution >= 4 is 29.1 Å². The standard InChI is InChI=1S/C23H23FN4O3/c1-15(16-11-12-21(31-2)20(24)13-16)25-22(29)27-18-9-6-10-19(14-18)28-23(30)26-17-7-4-3-5-8-17/h3-15H,1-2H3,(H2,25,27,29)(H2,26,28,30)/t15-/m0/s1. The summed E-state index contributed by atoms with van der Waals surface area (Å²) < 4.78 is 18.8. The summed E-state index contributed by atoms with van der Waals surface area (Å²) in [6.45, 7) is 1.74. The van der Waals surface area contributed by atoms with Crippen LogP contribution in [0.25, 0.3) is 0 Å². The van der Waals surface area contributed by atoms with Crippen LogP contribution < -0.4 is 26.0 Å². The van der Waals surface area contributed by atoms with E-state index in [2.05, 4.69) is 21.3 Å². The number of halogens is 1. The van der Waals surface area contributed by atoms with Gasteiger partial charge in [-0.15, -0.1) is 0 Å². The Labute approximate surface area is 179 Å². The van der Waals surface area contributed by atoms with Crippen molar-refractivity contribution in [1.82, 2.24) is 5.32 Å². The van der Waals surface area contributed by atoms with E-state index in [9.17, 15) is 14.0 Å². The first-order valence-corrected chi connectivity index (χ1v) is 9.58. The third-order valence-electron chi connectivity index (χ3n) is 4.43. The van der Waals surface area contributed by atoms with Crippen molar-refractivity contribution < 1.29 is 18.7 Å².